The Balaban J connectivity index is 1.11. The quantitative estimate of drug-likeness (QED) is 0.213. The third kappa shape index (κ3) is 4.77. The Bertz CT molecular complexity index is 2480. The largest absolute Gasteiger partial charge is 0.438 e. The van der Waals surface area contributed by atoms with Gasteiger partial charge in [0.1, 0.15) is 17.6 Å². The molecule has 0 aliphatic carbocycles. The van der Waals surface area contributed by atoms with Crippen LogP contribution in [0.2, 0.25) is 0 Å². The van der Waals surface area contributed by atoms with Crippen molar-refractivity contribution in [3.05, 3.63) is 175 Å². The summed E-state index contributed by atoms with van der Waals surface area (Å²) in [5, 5.41) is 8.07. The number of aliphatic imine (C=N–C) groups is 2. The number of hydrogen-bond donors (Lipinski definition) is 1. The molecule has 0 saturated heterocycles. The molecule has 5 heteroatoms. The van der Waals surface area contributed by atoms with E-state index in [0.717, 1.165) is 55.8 Å². The van der Waals surface area contributed by atoms with Gasteiger partial charge in [-0.3, -0.25) is 0 Å². The average Bonchev–Trinajstić information content (AvgIpc) is 3.54. The first-order valence-electron chi connectivity index (χ1n) is 15.7. The van der Waals surface area contributed by atoms with Crippen LogP contribution in [0.4, 0.5) is 0 Å². The summed E-state index contributed by atoms with van der Waals surface area (Å²) >= 11 is 0. The van der Waals surface area contributed by atoms with Crippen LogP contribution in [0.1, 0.15) is 22.9 Å². The van der Waals surface area contributed by atoms with Crippen molar-refractivity contribution in [2.24, 2.45) is 9.98 Å². The molecule has 2 aromatic heterocycles. The molecular formula is C42H28N4O. The van der Waals surface area contributed by atoms with Crippen LogP contribution in [0.25, 0.3) is 55.1 Å². The van der Waals surface area contributed by atoms with Gasteiger partial charge in [0.15, 0.2) is 5.84 Å². The van der Waals surface area contributed by atoms with E-state index in [9.17, 15) is 0 Å². The van der Waals surface area contributed by atoms with Crippen LogP contribution in [0.3, 0.4) is 0 Å². The maximum Gasteiger partial charge on any atom is 0.227 e. The molecule has 0 bridgehead atoms. The number of furan rings is 1. The Hall–Kier alpha value is -6.33. The first kappa shape index (κ1) is 27.0. The highest BCUT2D eigenvalue weighted by atomic mass is 16.3. The van der Waals surface area contributed by atoms with E-state index in [0.29, 0.717) is 5.71 Å². The second-order valence-electron chi connectivity index (χ2n) is 11.7. The van der Waals surface area contributed by atoms with Crippen LogP contribution in [0.15, 0.2) is 172 Å². The lowest BCUT2D eigenvalue weighted by Gasteiger charge is -2.23. The fourth-order valence-electron chi connectivity index (χ4n) is 6.60. The van der Waals surface area contributed by atoms with E-state index in [2.05, 4.69) is 113 Å². The van der Waals surface area contributed by atoms with Gasteiger partial charge in [-0.25, -0.2) is 15.0 Å². The van der Waals surface area contributed by atoms with E-state index in [1.807, 2.05) is 48.5 Å². The minimum atomic E-state index is -0.234. The summed E-state index contributed by atoms with van der Waals surface area (Å²) in [6, 6.07) is 52.5. The molecule has 0 radical (unpaired) electrons. The lowest BCUT2D eigenvalue weighted by atomic mass is 9.90. The maximum absolute atomic E-state index is 6.11. The zero-order valence-corrected chi connectivity index (χ0v) is 25.3. The molecule has 1 aliphatic rings. The summed E-state index contributed by atoms with van der Waals surface area (Å²) < 4.78 is 6.11. The Labute approximate surface area is 271 Å². The third-order valence-electron chi connectivity index (χ3n) is 8.85. The number of nitrogens with zero attached hydrogens (tertiary/aromatic N) is 3. The molecular weight excluding hydrogens is 576 g/mol. The zero-order chi connectivity index (χ0) is 31.2. The van der Waals surface area contributed by atoms with Crippen LogP contribution >= 0.6 is 0 Å². The maximum atomic E-state index is 6.11. The van der Waals surface area contributed by atoms with Crippen molar-refractivity contribution in [3.8, 4) is 22.3 Å². The number of nitrogens with one attached hydrogen (secondary N) is 1. The molecule has 8 aromatic rings. The fraction of sp³-hybridized carbons (Fsp3) is 0.0238. The molecule has 6 aromatic carbocycles. The number of benzene rings is 6. The van der Waals surface area contributed by atoms with Gasteiger partial charge in [0.2, 0.25) is 5.71 Å². The summed E-state index contributed by atoms with van der Waals surface area (Å²) in [4.78, 5) is 14.4. The second kappa shape index (κ2) is 11.2. The molecule has 222 valence electrons. The molecule has 0 amide bonds. The molecule has 0 saturated carbocycles. The topological polar surface area (TPSA) is 62.8 Å². The van der Waals surface area contributed by atoms with Crippen molar-refractivity contribution in [1.29, 1.82) is 0 Å². The molecule has 1 unspecified atom stereocenters. The van der Waals surface area contributed by atoms with E-state index in [4.69, 9.17) is 14.4 Å². The third-order valence-corrected chi connectivity index (χ3v) is 8.85. The molecule has 0 fully saturated rings. The standard InChI is InChI=1S/C42H28N4O/c1-3-11-28(12-4-1)39-44-40(29-13-5-2-6-14-29)46-41(45-39)30-22-20-27(21-23-30)31-24-25-34(33-16-8-7-15-32(31)33)35-17-9-19-37-38(35)36-18-10-26-43-42(36)47-37/h1-26,39H,(H,44,45,46). The first-order valence-corrected chi connectivity index (χ1v) is 15.7. The van der Waals surface area contributed by atoms with Gasteiger partial charge >= 0.3 is 0 Å². The molecule has 9 rings (SSSR count). The monoisotopic (exact) mass is 604 g/mol. The van der Waals surface area contributed by atoms with Gasteiger partial charge in [-0.15, -0.1) is 0 Å². The number of aromatic nitrogens is 1. The van der Waals surface area contributed by atoms with E-state index in [1.165, 1.54) is 21.9 Å². The van der Waals surface area contributed by atoms with Gasteiger partial charge in [-0.1, -0.05) is 133 Å². The van der Waals surface area contributed by atoms with E-state index in [1.54, 1.807) is 6.20 Å². The lowest BCUT2D eigenvalue weighted by molar-refractivity contribution is 0.654. The van der Waals surface area contributed by atoms with Crippen LogP contribution in [-0.2, 0) is 0 Å². The van der Waals surface area contributed by atoms with E-state index < -0.39 is 0 Å². The predicted octanol–water partition coefficient (Wildman–Crippen LogP) is 9.96. The molecule has 5 nitrogen and oxygen atoms in total. The minimum absolute atomic E-state index is 0.234. The Kier molecular flexibility index (Phi) is 6.46. The summed E-state index contributed by atoms with van der Waals surface area (Å²) in [6.07, 6.45) is 1.54. The average molecular weight is 605 g/mol. The highest BCUT2D eigenvalue weighted by Crippen LogP contribution is 2.41. The minimum Gasteiger partial charge on any atom is -0.438 e. The smallest absolute Gasteiger partial charge is 0.227 e. The number of pyridine rings is 1. The Morgan fingerprint density at radius 2 is 1.19 bits per heavy atom. The van der Waals surface area contributed by atoms with E-state index >= 15 is 0 Å². The normalized spacial score (nSPS) is 14.6. The van der Waals surface area contributed by atoms with Crippen molar-refractivity contribution >= 4 is 44.5 Å². The zero-order valence-electron chi connectivity index (χ0n) is 25.3. The Morgan fingerprint density at radius 1 is 0.511 bits per heavy atom. The van der Waals surface area contributed by atoms with Crippen molar-refractivity contribution in [3.63, 3.8) is 0 Å². The molecule has 0 spiro atoms. The number of fused-ring (bicyclic) bond motifs is 4. The van der Waals surface area contributed by atoms with Gasteiger partial charge in [0.05, 0.1) is 0 Å². The van der Waals surface area contributed by atoms with Crippen molar-refractivity contribution in [1.82, 2.24) is 10.3 Å². The second-order valence-corrected chi connectivity index (χ2v) is 11.7. The molecule has 47 heavy (non-hydrogen) atoms. The number of rotatable bonds is 5. The summed E-state index contributed by atoms with van der Waals surface area (Å²) in [5.74, 6) is 1.52. The highest BCUT2D eigenvalue weighted by molar-refractivity contribution is 6.16. The van der Waals surface area contributed by atoms with Crippen molar-refractivity contribution in [2.45, 2.75) is 6.17 Å². The molecule has 1 N–H and O–H groups in total. The SMILES string of the molecule is c1ccc(C2=NC(c3ccccc3)NC(c3ccc(-c4ccc(-c5cccc6oc7ncccc7c56)c5ccccc45)cc3)=N2)cc1. The van der Waals surface area contributed by atoms with Gasteiger partial charge in [0.25, 0.3) is 0 Å². The van der Waals surface area contributed by atoms with Crippen LogP contribution in [-0.4, -0.2) is 16.7 Å². The molecule has 1 aliphatic heterocycles. The van der Waals surface area contributed by atoms with Gasteiger partial charge in [-0.2, -0.15) is 0 Å². The number of hydrogen-bond acceptors (Lipinski definition) is 5. The lowest BCUT2D eigenvalue weighted by Crippen LogP contribution is -2.33. The fourth-order valence-corrected chi connectivity index (χ4v) is 6.60. The summed E-state index contributed by atoms with van der Waals surface area (Å²) in [7, 11) is 0. The highest BCUT2D eigenvalue weighted by Gasteiger charge is 2.21. The number of amidine groups is 2. The predicted molar refractivity (Wildman–Crippen MR) is 192 cm³/mol. The van der Waals surface area contributed by atoms with E-state index in [-0.39, 0.29) is 6.17 Å². The molecule has 1 atom stereocenters. The van der Waals surface area contributed by atoms with Gasteiger partial charge in [0, 0.05) is 28.1 Å². The summed E-state index contributed by atoms with van der Waals surface area (Å²) in [5.41, 5.74) is 9.20. The van der Waals surface area contributed by atoms with Crippen molar-refractivity contribution < 1.29 is 4.42 Å². The van der Waals surface area contributed by atoms with Crippen LogP contribution in [0.5, 0.6) is 0 Å². The molecule has 3 heterocycles. The first-order chi connectivity index (χ1) is 23.3. The summed E-state index contributed by atoms with van der Waals surface area (Å²) in [6.45, 7) is 0. The van der Waals surface area contributed by atoms with Gasteiger partial charge in [-0.05, 0) is 56.8 Å². The van der Waals surface area contributed by atoms with Crippen LogP contribution < -0.4 is 5.32 Å². The van der Waals surface area contributed by atoms with Gasteiger partial charge < -0.3 is 9.73 Å². The van der Waals surface area contributed by atoms with Crippen LogP contribution in [0, 0.1) is 0 Å². The Morgan fingerprint density at radius 3 is 2.00 bits per heavy atom. The van der Waals surface area contributed by atoms with Crippen molar-refractivity contribution in [2.75, 3.05) is 0 Å².